The van der Waals surface area contributed by atoms with Crippen molar-refractivity contribution >= 4 is 5.91 Å². The summed E-state index contributed by atoms with van der Waals surface area (Å²) in [5, 5.41) is 2.82. The van der Waals surface area contributed by atoms with Gasteiger partial charge in [0.25, 0.3) is 5.91 Å². The van der Waals surface area contributed by atoms with Gasteiger partial charge in [0.1, 0.15) is 18.1 Å². The summed E-state index contributed by atoms with van der Waals surface area (Å²) in [6, 6.07) is 13.9. The molecule has 25 heavy (non-hydrogen) atoms. The van der Waals surface area contributed by atoms with Gasteiger partial charge in [-0.15, -0.1) is 0 Å². The van der Waals surface area contributed by atoms with Crippen molar-refractivity contribution in [3.63, 3.8) is 0 Å². The maximum atomic E-state index is 11.9. The maximum Gasteiger partial charge on any atom is 0.258 e. The molecule has 0 atom stereocenters. The van der Waals surface area contributed by atoms with E-state index in [1.54, 1.807) is 0 Å². The minimum absolute atomic E-state index is 0.00715. The lowest BCUT2D eigenvalue weighted by atomic mass is 10.0. The predicted molar refractivity (Wildman–Crippen MR) is 100 cm³/mol. The van der Waals surface area contributed by atoms with E-state index in [1.165, 1.54) is 0 Å². The average Bonchev–Trinajstić information content (AvgIpc) is 2.60. The Morgan fingerprint density at radius 1 is 1.04 bits per heavy atom. The molecule has 2 rings (SSSR count). The van der Waals surface area contributed by atoms with E-state index in [0.717, 1.165) is 28.2 Å². The summed E-state index contributed by atoms with van der Waals surface area (Å²) in [4.78, 5) is 11.9. The summed E-state index contributed by atoms with van der Waals surface area (Å²) in [5.41, 5.74) is 3.35. The first-order valence-corrected chi connectivity index (χ1v) is 8.66. The molecule has 134 valence electrons. The molecule has 1 N–H and O–H groups in total. The van der Waals surface area contributed by atoms with Gasteiger partial charge < -0.3 is 14.8 Å². The van der Waals surface area contributed by atoms with Crippen LogP contribution in [0.4, 0.5) is 0 Å². The van der Waals surface area contributed by atoms with Crippen molar-refractivity contribution in [2.75, 3.05) is 19.8 Å². The first kappa shape index (κ1) is 18.8. The van der Waals surface area contributed by atoms with Gasteiger partial charge in [-0.25, -0.2) is 0 Å². The van der Waals surface area contributed by atoms with Crippen molar-refractivity contribution in [2.24, 2.45) is 0 Å². The highest BCUT2D eigenvalue weighted by Gasteiger charge is 2.09. The molecular formula is C21H27NO3. The topological polar surface area (TPSA) is 47.6 Å². The lowest BCUT2D eigenvalue weighted by Gasteiger charge is -2.14. The highest BCUT2D eigenvalue weighted by molar-refractivity contribution is 5.77. The number of para-hydroxylation sites is 1. The second-order valence-corrected chi connectivity index (χ2v) is 6.45. The van der Waals surface area contributed by atoms with Crippen LogP contribution >= 0.6 is 0 Å². The first-order chi connectivity index (χ1) is 12.0. The van der Waals surface area contributed by atoms with Crippen LogP contribution in [0.2, 0.25) is 0 Å². The minimum Gasteiger partial charge on any atom is -0.491 e. The van der Waals surface area contributed by atoms with Gasteiger partial charge >= 0.3 is 0 Å². The number of rotatable bonds is 8. The van der Waals surface area contributed by atoms with Crippen LogP contribution in [0.5, 0.6) is 11.5 Å². The number of amides is 1. The number of aryl methyl sites for hydroxylation is 2. The fourth-order valence-electron chi connectivity index (χ4n) is 2.50. The van der Waals surface area contributed by atoms with E-state index in [-0.39, 0.29) is 12.5 Å². The van der Waals surface area contributed by atoms with Gasteiger partial charge in [0.2, 0.25) is 0 Å². The molecule has 0 saturated carbocycles. The van der Waals surface area contributed by atoms with Gasteiger partial charge in [0.05, 0.1) is 6.54 Å². The van der Waals surface area contributed by atoms with Gasteiger partial charge in [-0.05, 0) is 48.6 Å². The Bertz CT molecular complexity index is 710. The minimum atomic E-state index is -0.150. The molecule has 0 fully saturated rings. The predicted octanol–water partition coefficient (Wildman–Crippen LogP) is 4.00. The number of hydrogen-bond acceptors (Lipinski definition) is 3. The van der Waals surface area contributed by atoms with Crippen LogP contribution in [0.3, 0.4) is 0 Å². The molecule has 0 heterocycles. The molecule has 0 aliphatic heterocycles. The quantitative estimate of drug-likeness (QED) is 0.738. The monoisotopic (exact) mass is 341 g/mol. The average molecular weight is 341 g/mol. The van der Waals surface area contributed by atoms with Crippen molar-refractivity contribution in [1.82, 2.24) is 5.32 Å². The SMILES string of the molecule is Cc1ccc(C)c(OCCNC(=O)COc2ccccc2C(C)C)c1. The van der Waals surface area contributed by atoms with Crippen LogP contribution in [0, 0.1) is 13.8 Å². The lowest BCUT2D eigenvalue weighted by Crippen LogP contribution is -2.32. The molecule has 0 spiro atoms. The number of benzene rings is 2. The second kappa shape index (κ2) is 9.11. The summed E-state index contributed by atoms with van der Waals surface area (Å²) in [6.45, 7) is 9.13. The molecule has 0 unspecified atom stereocenters. The third kappa shape index (κ3) is 5.82. The summed E-state index contributed by atoms with van der Waals surface area (Å²) in [7, 11) is 0. The molecule has 0 aromatic heterocycles. The Morgan fingerprint density at radius 3 is 2.56 bits per heavy atom. The standard InChI is InChI=1S/C21H27NO3/c1-15(2)18-7-5-6-8-19(18)25-14-21(23)22-11-12-24-20-13-16(3)9-10-17(20)4/h5-10,13,15H,11-12,14H2,1-4H3,(H,22,23). The van der Waals surface area contributed by atoms with E-state index in [1.807, 2.05) is 50.2 Å². The van der Waals surface area contributed by atoms with Gasteiger partial charge in [-0.2, -0.15) is 0 Å². The van der Waals surface area contributed by atoms with Crippen molar-refractivity contribution in [1.29, 1.82) is 0 Å². The lowest BCUT2D eigenvalue weighted by molar-refractivity contribution is -0.123. The van der Waals surface area contributed by atoms with Crippen LogP contribution in [-0.2, 0) is 4.79 Å². The number of carbonyl (C=O) groups excluding carboxylic acids is 1. The fourth-order valence-corrected chi connectivity index (χ4v) is 2.50. The Labute approximate surface area is 150 Å². The smallest absolute Gasteiger partial charge is 0.258 e. The van der Waals surface area contributed by atoms with Crippen LogP contribution in [0.1, 0.15) is 36.5 Å². The van der Waals surface area contributed by atoms with Crippen molar-refractivity contribution in [2.45, 2.75) is 33.6 Å². The van der Waals surface area contributed by atoms with E-state index >= 15 is 0 Å². The van der Waals surface area contributed by atoms with Crippen LogP contribution < -0.4 is 14.8 Å². The number of hydrogen-bond donors (Lipinski definition) is 1. The van der Waals surface area contributed by atoms with Gasteiger partial charge in [0.15, 0.2) is 6.61 Å². The number of ether oxygens (including phenoxy) is 2. The Kier molecular flexibility index (Phi) is 6.87. The van der Waals surface area contributed by atoms with Crippen molar-refractivity contribution < 1.29 is 14.3 Å². The molecule has 0 radical (unpaired) electrons. The largest absolute Gasteiger partial charge is 0.491 e. The summed E-state index contributed by atoms with van der Waals surface area (Å²) in [6.07, 6.45) is 0. The molecule has 4 heteroatoms. The van der Waals surface area contributed by atoms with Gasteiger partial charge in [0, 0.05) is 0 Å². The molecule has 0 saturated heterocycles. The summed E-state index contributed by atoms with van der Waals surface area (Å²) >= 11 is 0. The van der Waals surface area contributed by atoms with E-state index in [9.17, 15) is 4.79 Å². The highest BCUT2D eigenvalue weighted by atomic mass is 16.5. The molecule has 4 nitrogen and oxygen atoms in total. The first-order valence-electron chi connectivity index (χ1n) is 8.66. The fraction of sp³-hybridized carbons (Fsp3) is 0.381. The van der Waals surface area contributed by atoms with E-state index in [4.69, 9.17) is 9.47 Å². The van der Waals surface area contributed by atoms with Crippen molar-refractivity contribution in [3.05, 3.63) is 59.2 Å². The van der Waals surface area contributed by atoms with Crippen molar-refractivity contribution in [3.8, 4) is 11.5 Å². The third-order valence-corrected chi connectivity index (χ3v) is 3.93. The van der Waals surface area contributed by atoms with E-state index < -0.39 is 0 Å². The van der Waals surface area contributed by atoms with Gasteiger partial charge in [-0.3, -0.25) is 4.79 Å². The maximum absolute atomic E-state index is 11.9. The number of nitrogens with one attached hydrogen (secondary N) is 1. The molecule has 0 aliphatic rings. The zero-order valence-corrected chi connectivity index (χ0v) is 15.5. The van der Waals surface area contributed by atoms with Crippen LogP contribution in [0.15, 0.2) is 42.5 Å². The Morgan fingerprint density at radius 2 is 1.80 bits per heavy atom. The van der Waals surface area contributed by atoms with Gasteiger partial charge in [-0.1, -0.05) is 44.2 Å². The Hall–Kier alpha value is -2.49. The molecule has 0 aliphatic carbocycles. The summed E-state index contributed by atoms with van der Waals surface area (Å²) in [5.74, 6) is 1.82. The molecule has 1 amide bonds. The van der Waals surface area contributed by atoms with E-state index in [2.05, 4.69) is 25.2 Å². The molecule has 0 bridgehead atoms. The normalized spacial score (nSPS) is 10.6. The van der Waals surface area contributed by atoms with Crippen LogP contribution in [0.25, 0.3) is 0 Å². The highest BCUT2D eigenvalue weighted by Crippen LogP contribution is 2.25. The summed E-state index contributed by atoms with van der Waals surface area (Å²) < 4.78 is 11.4. The molecule has 2 aromatic carbocycles. The Balaban J connectivity index is 1.74. The molecular weight excluding hydrogens is 314 g/mol. The zero-order chi connectivity index (χ0) is 18.2. The third-order valence-electron chi connectivity index (χ3n) is 3.93. The zero-order valence-electron chi connectivity index (χ0n) is 15.5. The van der Waals surface area contributed by atoms with E-state index in [0.29, 0.717) is 19.1 Å². The van der Waals surface area contributed by atoms with Crippen LogP contribution in [-0.4, -0.2) is 25.7 Å². The number of carbonyl (C=O) groups is 1. The molecule has 2 aromatic rings. The second-order valence-electron chi connectivity index (χ2n) is 6.45.